The van der Waals surface area contributed by atoms with Crippen molar-refractivity contribution in [1.82, 2.24) is 14.9 Å². The van der Waals surface area contributed by atoms with E-state index in [9.17, 15) is 13.6 Å². The fraction of sp³-hybridized carbons (Fsp3) is 0.450. The van der Waals surface area contributed by atoms with Gasteiger partial charge in [-0.1, -0.05) is 24.3 Å². The van der Waals surface area contributed by atoms with E-state index in [-0.39, 0.29) is 11.5 Å². The number of carbonyl (C=O) groups is 1. The van der Waals surface area contributed by atoms with Gasteiger partial charge in [-0.3, -0.25) is 4.79 Å². The van der Waals surface area contributed by atoms with Crippen molar-refractivity contribution in [1.29, 1.82) is 0 Å². The Bertz CT molecular complexity index is 879. The van der Waals surface area contributed by atoms with Crippen LogP contribution in [0, 0.1) is 0 Å². The first-order chi connectivity index (χ1) is 13.4. The van der Waals surface area contributed by atoms with E-state index in [2.05, 4.69) is 16.0 Å². The van der Waals surface area contributed by atoms with Crippen molar-refractivity contribution in [2.75, 3.05) is 37.7 Å². The van der Waals surface area contributed by atoms with Crippen molar-refractivity contribution in [2.45, 2.75) is 25.8 Å². The van der Waals surface area contributed by atoms with Gasteiger partial charge in [0.05, 0.1) is 18.8 Å². The molecular formula is C20H22F2N4O2. The quantitative estimate of drug-likeness (QED) is 0.809. The molecule has 0 radical (unpaired) electrons. The first kappa shape index (κ1) is 18.7. The number of morpholine rings is 1. The van der Waals surface area contributed by atoms with Crippen molar-refractivity contribution in [3.8, 4) is 0 Å². The SMILES string of the molecule is CC(F)(F)c1nc(N2CCc3ccccc3C2)ncc1C(=O)N1CCOCC1. The molecule has 8 heteroatoms. The number of amides is 1. The van der Waals surface area contributed by atoms with E-state index >= 15 is 0 Å². The summed E-state index contributed by atoms with van der Waals surface area (Å²) in [6.07, 6.45) is 2.04. The van der Waals surface area contributed by atoms with Crippen molar-refractivity contribution >= 4 is 11.9 Å². The number of hydrogen-bond donors (Lipinski definition) is 0. The van der Waals surface area contributed by atoms with Gasteiger partial charge in [0.15, 0.2) is 0 Å². The average molecular weight is 388 g/mol. The van der Waals surface area contributed by atoms with Gasteiger partial charge >= 0.3 is 0 Å². The van der Waals surface area contributed by atoms with Gasteiger partial charge in [-0.05, 0) is 17.5 Å². The Balaban J connectivity index is 1.65. The van der Waals surface area contributed by atoms with Crippen LogP contribution in [0.4, 0.5) is 14.7 Å². The van der Waals surface area contributed by atoms with E-state index < -0.39 is 17.5 Å². The monoisotopic (exact) mass is 388 g/mol. The normalized spacial score (nSPS) is 17.4. The van der Waals surface area contributed by atoms with Gasteiger partial charge in [0, 0.05) is 39.3 Å². The summed E-state index contributed by atoms with van der Waals surface area (Å²) < 4.78 is 33.9. The minimum Gasteiger partial charge on any atom is -0.378 e. The zero-order valence-corrected chi connectivity index (χ0v) is 15.7. The Labute approximate surface area is 162 Å². The number of carbonyl (C=O) groups excluding carboxylic acids is 1. The van der Waals surface area contributed by atoms with Gasteiger partial charge in [-0.15, -0.1) is 0 Å². The van der Waals surface area contributed by atoms with Crippen LogP contribution in [0.25, 0.3) is 0 Å². The lowest BCUT2D eigenvalue weighted by Crippen LogP contribution is -2.42. The number of alkyl halides is 2. The van der Waals surface area contributed by atoms with Crippen LogP contribution in [-0.4, -0.2) is 53.6 Å². The van der Waals surface area contributed by atoms with E-state index in [0.717, 1.165) is 18.9 Å². The van der Waals surface area contributed by atoms with Crippen LogP contribution >= 0.6 is 0 Å². The van der Waals surface area contributed by atoms with Crippen LogP contribution in [0.2, 0.25) is 0 Å². The summed E-state index contributed by atoms with van der Waals surface area (Å²) in [6, 6.07) is 8.04. The molecule has 0 saturated carbocycles. The number of ether oxygens (including phenoxy) is 1. The molecule has 1 fully saturated rings. The molecular weight excluding hydrogens is 366 g/mol. The maximum absolute atomic E-state index is 14.3. The van der Waals surface area contributed by atoms with Crippen molar-refractivity contribution < 1.29 is 18.3 Å². The van der Waals surface area contributed by atoms with Gasteiger partial charge < -0.3 is 14.5 Å². The Morgan fingerprint density at radius 1 is 1.14 bits per heavy atom. The number of fused-ring (bicyclic) bond motifs is 1. The van der Waals surface area contributed by atoms with Gasteiger partial charge in [0.25, 0.3) is 11.8 Å². The topological polar surface area (TPSA) is 58.6 Å². The Kier molecular flexibility index (Phi) is 4.97. The Hall–Kier alpha value is -2.61. The molecule has 0 bridgehead atoms. The third-order valence-electron chi connectivity index (χ3n) is 5.13. The maximum atomic E-state index is 14.3. The molecule has 0 unspecified atom stereocenters. The van der Waals surface area contributed by atoms with Gasteiger partial charge in [0.2, 0.25) is 5.95 Å². The highest BCUT2D eigenvalue weighted by molar-refractivity contribution is 5.95. The van der Waals surface area contributed by atoms with Crippen LogP contribution < -0.4 is 4.90 Å². The molecule has 148 valence electrons. The molecule has 4 rings (SSSR count). The molecule has 2 aliphatic rings. The molecule has 2 aromatic rings. The molecule has 3 heterocycles. The lowest BCUT2D eigenvalue weighted by atomic mass is 10.0. The predicted molar refractivity (Wildman–Crippen MR) is 99.5 cm³/mol. The molecule has 28 heavy (non-hydrogen) atoms. The van der Waals surface area contributed by atoms with Crippen LogP contribution in [0.5, 0.6) is 0 Å². The fourth-order valence-electron chi connectivity index (χ4n) is 3.62. The first-order valence-corrected chi connectivity index (χ1v) is 9.37. The van der Waals surface area contributed by atoms with E-state index in [1.54, 1.807) is 0 Å². The van der Waals surface area contributed by atoms with E-state index in [0.29, 0.717) is 39.4 Å². The second kappa shape index (κ2) is 7.43. The summed E-state index contributed by atoms with van der Waals surface area (Å²) >= 11 is 0. The highest BCUT2D eigenvalue weighted by Crippen LogP contribution is 2.31. The van der Waals surface area contributed by atoms with Gasteiger partial charge in [-0.2, -0.15) is 8.78 Å². The van der Waals surface area contributed by atoms with Crippen LogP contribution in [-0.2, 0) is 23.6 Å². The average Bonchev–Trinajstić information content (AvgIpc) is 2.72. The predicted octanol–water partition coefficient (Wildman–Crippen LogP) is 2.62. The summed E-state index contributed by atoms with van der Waals surface area (Å²) in [6.45, 7) is 3.51. The largest absolute Gasteiger partial charge is 0.378 e. The summed E-state index contributed by atoms with van der Waals surface area (Å²) in [5.74, 6) is -3.50. The number of rotatable bonds is 3. The maximum Gasteiger partial charge on any atom is 0.287 e. The summed E-state index contributed by atoms with van der Waals surface area (Å²) in [5, 5.41) is 0. The highest BCUT2D eigenvalue weighted by Gasteiger charge is 2.35. The second-order valence-corrected chi connectivity index (χ2v) is 7.17. The summed E-state index contributed by atoms with van der Waals surface area (Å²) in [5.41, 5.74) is 1.72. The number of halogens is 2. The Morgan fingerprint density at radius 2 is 1.86 bits per heavy atom. The summed E-state index contributed by atoms with van der Waals surface area (Å²) in [4.78, 5) is 24.6. The van der Waals surface area contributed by atoms with Crippen molar-refractivity contribution in [2.24, 2.45) is 0 Å². The minimum absolute atomic E-state index is 0.143. The third-order valence-corrected chi connectivity index (χ3v) is 5.13. The van der Waals surface area contributed by atoms with Crippen LogP contribution in [0.1, 0.15) is 34.1 Å². The molecule has 1 saturated heterocycles. The van der Waals surface area contributed by atoms with Crippen LogP contribution in [0.15, 0.2) is 30.5 Å². The van der Waals surface area contributed by atoms with E-state index in [1.165, 1.54) is 16.7 Å². The van der Waals surface area contributed by atoms with Crippen LogP contribution in [0.3, 0.4) is 0 Å². The van der Waals surface area contributed by atoms with Crippen molar-refractivity contribution in [3.63, 3.8) is 0 Å². The smallest absolute Gasteiger partial charge is 0.287 e. The first-order valence-electron chi connectivity index (χ1n) is 9.37. The number of hydrogen-bond acceptors (Lipinski definition) is 5. The molecule has 6 nitrogen and oxygen atoms in total. The minimum atomic E-state index is -3.25. The summed E-state index contributed by atoms with van der Waals surface area (Å²) in [7, 11) is 0. The zero-order valence-electron chi connectivity index (χ0n) is 15.7. The molecule has 2 aliphatic heterocycles. The number of anilines is 1. The van der Waals surface area contributed by atoms with E-state index in [4.69, 9.17) is 4.74 Å². The molecule has 0 aliphatic carbocycles. The zero-order chi connectivity index (χ0) is 19.7. The number of nitrogens with zero attached hydrogens (tertiary/aromatic N) is 4. The molecule has 1 aromatic heterocycles. The van der Waals surface area contributed by atoms with Crippen molar-refractivity contribution in [3.05, 3.63) is 52.8 Å². The Morgan fingerprint density at radius 3 is 2.57 bits per heavy atom. The highest BCUT2D eigenvalue weighted by atomic mass is 19.3. The molecule has 0 atom stereocenters. The van der Waals surface area contributed by atoms with E-state index in [1.807, 2.05) is 23.1 Å². The number of benzene rings is 1. The standard InChI is InChI=1S/C20H22F2N4O2/c1-20(21,22)17-16(18(27)25-8-10-28-11-9-25)12-23-19(24-17)26-7-6-14-4-2-3-5-15(14)13-26/h2-5,12H,6-11,13H2,1H3. The lowest BCUT2D eigenvalue weighted by Gasteiger charge is -2.30. The van der Waals surface area contributed by atoms with Gasteiger partial charge in [0.1, 0.15) is 5.69 Å². The third kappa shape index (κ3) is 3.69. The molecule has 1 amide bonds. The van der Waals surface area contributed by atoms with Gasteiger partial charge in [-0.25, -0.2) is 9.97 Å². The number of aromatic nitrogens is 2. The second-order valence-electron chi connectivity index (χ2n) is 7.17. The lowest BCUT2D eigenvalue weighted by molar-refractivity contribution is 0.00901. The molecule has 0 N–H and O–H groups in total. The fourth-order valence-corrected chi connectivity index (χ4v) is 3.62. The molecule has 1 aromatic carbocycles. The molecule has 0 spiro atoms.